The van der Waals surface area contributed by atoms with Gasteiger partial charge in [0.05, 0.1) is 20.1 Å². The van der Waals surface area contributed by atoms with Crippen LogP contribution in [-0.4, -0.2) is 46.9 Å². The van der Waals surface area contributed by atoms with Gasteiger partial charge in [0.1, 0.15) is 12.6 Å². The number of pyridine rings is 1. The van der Waals surface area contributed by atoms with E-state index in [-0.39, 0.29) is 11.7 Å². The molecule has 0 spiro atoms. The summed E-state index contributed by atoms with van der Waals surface area (Å²) in [6.45, 7) is 5.63. The molecule has 3 rings (SSSR count). The average Bonchev–Trinajstić information content (AvgIpc) is 2.28. The molecule has 0 aliphatic carbocycles. The molecule has 2 bridgehead atoms. The average molecular weight is 263 g/mol. The molecule has 104 valence electrons. The van der Waals surface area contributed by atoms with Crippen molar-refractivity contribution in [2.75, 3.05) is 26.7 Å². The predicted molar refractivity (Wildman–Crippen MR) is 74.0 cm³/mol. The van der Waals surface area contributed by atoms with E-state index in [1.165, 1.54) is 12.1 Å². The first-order valence-electron chi connectivity index (χ1n) is 7.18. The first-order valence-corrected chi connectivity index (χ1v) is 7.18. The van der Waals surface area contributed by atoms with Gasteiger partial charge in [-0.05, 0) is 19.4 Å². The van der Waals surface area contributed by atoms with Gasteiger partial charge in [0.2, 0.25) is 0 Å². The van der Waals surface area contributed by atoms with E-state index in [0.717, 1.165) is 30.7 Å². The van der Waals surface area contributed by atoms with Crippen molar-refractivity contribution in [1.29, 1.82) is 0 Å². The molecule has 3 heterocycles. The summed E-state index contributed by atoms with van der Waals surface area (Å²) in [5.41, 5.74) is 1.33. The third-order valence-electron chi connectivity index (χ3n) is 4.63. The molecular formula is C15H23N2O2+. The van der Waals surface area contributed by atoms with E-state index in [0.29, 0.717) is 11.8 Å². The maximum absolute atomic E-state index is 12.0. The van der Waals surface area contributed by atoms with Crippen LogP contribution in [0.1, 0.15) is 25.0 Å². The summed E-state index contributed by atoms with van der Waals surface area (Å²) in [6, 6.07) is 5.64. The number of hydrogen-bond donors (Lipinski definition) is 1. The predicted octanol–water partition coefficient (Wildman–Crippen LogP) is 0.793. The molecule has 1 N–H and O–H groups in total. The molecule has 2 aliphatic heterocycles. The number of aliphatic hydroxyl groups is 1. The molecule has 2 aliphatic rings. The Kier molecular flexibility index (Phi) is 3.02. The van der Waals surface area contributed by atoms with E-state index in [4.69, 9.17) is 0 Å². The lowest BCUT2D eigenvalue weighted by molar-refractivity contribution is -0.922. The fourth-order valence-electron chi connectivity index (χ4n) is 4.26. The number of hydrogen-bond acceptors (Lipinski definition) is 2. The van der Waals surface area contributed by atoms with Crippen molar-refractivity contribution in [3.05, 3.63) is 34.2 Å². The third kappa shape index (κ3) is 2.35. The Labute approximate surface area is 113 Å². The zero-order chi connectivity index (χ0) is 13.6. The summed E-state index contributed by atoms with van der Waals surface area (Å²) >= 11 is 0. The topological polar surface area (TPSA) is 42.2 Å². The number of piperidine rings is 1. The van der Waals surface area contributed by atoms with Crippen molar-refractivity contribution in [2.24, 2.45) is 5.92 Å². The Bertz CT molecular complexity index is 537. The standard InChI is InChI=1S/C15H23N2O2/c1-11(18)8-17(2)9-12-6-13(10-17)14-4-3-5-15(19)16(14)7-12/h3-5,11-13,18H,6-10H2,1-2H3/q+1/t11-,12+,13+,17+/m0/s1. The molecule has 0 radical (unpaired) electrons. The van der Waals surface area contributed by atoms with Gasteiger partial charge in [-0.1, -0.05) is 6.07 Å². The van der Waals surface area contributed by atoms with Crippen LogP contribution in [0.25, 0.3) is 0 Å². The van der Waals surface area contributed by atoms with Crippen LogP contribution in [0.3, 0.4) is 0 Å². The van der Waals surface area contributed by atoms with Crippen LogP contribution in [0.2, 0.25) is 0 Å². The Hall–Kier alpha value is -1.13. The molecular weight excluding hydrogens is 240 g/mol. The number of likely N-dealkylation sites (tertiary alicyclic amines) is 1. The Balaban J connectivity index is 1.94. The first kappa shape index (κ1) is 12.9. The molecule has 0 amide bonds. The lowest BCUT2D eigenvalue weighted by Crippen LogP contribution is -2.59. The number of nitrogens with zero attached hydrogens (tertiary/aromatic N) is 2. The lowest BCUT2D eigenvalue weighted by atomic mass is 9.82. The molecule has 19 heavy (non-hydrogen) atoms. The SMILES string of the molecule is C[C@H](O)C[N@+]1(C)C[C@@H]2C[C@H](C1)c1cccc(=O)n1C2. The molecule has 4 nitrogen and oxygen atoms in total. The van der Waals surface area contributed by atoms with Crippen LogP contribution in [0.15, 0.2) is 23.0 Å². The summed E-state index contributed by atoms with van der Waals surface area (Å²) < 4.78 is 2.89. The highest BCUT2D eigenvalue weighted by molar-refractivity contribution is 5.15. The van der Waals surface area contributed by atoms with Crippen molar-refractivity contribution in [3.63, 3.8) is 0 Å². The second kappa shape index (κ2) is 4.46. The van der Waals surface area contributed by atoms with E-state index in [1.807, 2.05) is 17.6 Å². The summed E-state index contributed by atoms with van der Waals surface area (Å²) in [5.74, 6) is 1.03. The van der Waals surface area contributed by atoms with E-state index < -0.39 is 0 Å². The molecule has 1 saturated heterocycles. The highest BCUT2D eigenvalue weighted by Crippen LogP contribution is 2.37. The number of likely N-dealkylation sites (N-methyl/N-ethyl adjacent to an activating group) is 1. The van der Waals surface area contributed by atoms with Gasteiger partial charge in [0, 0.05) is 30.1 Å². The van der Waals surface area contributed by atoms with Gasteiger partial charge in [0.15, 0.2) is 0 Å². The van der Waals surface area contributed by atoms with E-state index in [9.17, 15) is 9.90 Å². The molecule has 0 aromatic carbocycles. The maximum Gasteiger partial charge on any atom is 0.250 e. The van der Waals surface area contributed by atoms with Crippen LogP contribution in [0.5, 0.6) is 0 Å². The second-order valence-electron chi connectivity index (χ2n) is 6.71. The normalized spacial score (nSPS) is 34.7. The van der Waals surface area contributed by atoms with Crippen molar-refractivity contribution in [3.8, 4) is 0 Å². The zero-order valence-corrected chi connectivity index (χ0v) is 11.7. The van der Waals surface area contributed by atoms with Gasteiger partial charge >= 0.3 is 0 Å². The third-order valence-corrected chi connectivity index (χ3v) is 4.63. The summed E-state index contributed by atoms with van der Waals surface area (Å²) in [6.07, 6.45) is 0.929. The fourth-order valence-corrected chi connectivity index (χ4v) is 4.26. The number of aromatic nitrogens is 1. The summed E-state index contributed by atoms with van der Waals surface area (Å²) in [5, 5.41) is 9.70. The molecule has 1 fully saturated rings. The van der Waals surface area contributed by atoms with E-state index >= 15 is 0 Å². The van der Waals surface area contributed by atoms with Gasteiger partial charge in [0.25, 0.3) is 5.56 Å². The monoisotopic (exact) mass is 263 g/mol. The second-order valence-corrected chi connectivity index (χ2v) is 6.71. The van der Waals surface area contributed by atoms with E-state index in [1.54, 1.807) is 6.07 Å². The van der Waals surface area contributed by atoms with Crippen LogP contribution in [-0.2, 0) is 6.54 Å². The largest absolute Gasteiger partial charge is 0.388 e. The van der Waals surface area contributed by atoms with Crippen molar-refractivity contribution < 1.29 is 9.59 Å². The number of aliphatic hydroxyl groups excluding tert-OH is 1. The van der Waals surface area contributed by atoms with Crippen LogP contribution < -0.4 is 5.56 Å². The number of rotatable bonds is 2. The zero-order valence-electron chi connectivity index (χ0n) is 11.7. The first-order chi connectivity index (χ1) is 8.97. The minimum Gasteiger partial charge on any atom is -0.388 e. The summed E-state index contributed by atoms with van der Waals surface area (Å²) in [7, 11) is 2.24. The maximum atomic E-state index is 12.0. The van der Waals surface area contributed by atoms with Crippen molar-refractivity contribution in [1.82, 2.24) is 4.57 Å². The Morgan fingerprint density at radius 2 is 2.26 bits per heavy atom. The van der Waals surface area contributed by atoms with Crippen LogP contribution >= 0.6 is 0 Å². The Morgan fingerprint density at radius 3 is 3.00 bits per heavy atom. The van der Waals surface area contributed by atoms with E-state index in [2.05, 4.69) is 13.1 Å². The summed E-state index contributed by atoms with van der Waals surface area (Å²) in [4.78, 5) is 12.0. The van der Waals surface area contributed by atoms with Crippen molar-refractivity contribution >= 4 is 0 Å². The molecule has 0 unspecified atom stereocenters. The van der Waals surface area contributed by atoms with Gasteiger partial charge in [-0.25, -0.2) is 0 Å². The molecule has 1 aromatic heterocycles. The highest BCUT2D eigenvalue weighted by atomic mass is 16.3. The lowest BCUT2D eigenvalue weighted by Gasteiger charge is -2.48. The smallest absolute Gasteiger partial charge is 0.250 e. The molecule has 1 aromatic rings. The van der Waals surface area contributed by atoms with Gasteiger partial charge in [-0.2, -0.15) is 0 Å². The van der Waals surface area contributed by atoms with Gasteiger partial charge in [-0.3, -0.25) is 4.79 Å². The minimum absolute atomic E-state index is 0.138. The number of fused-ring (bicyclic) bond motifs is 4. The van der Waals surface area contributed by atoms with Gasteiger partial charge < -0.3 is 14.2 Å². The molecule has 0 saturated carbocycles. The molecule has 4 heteroatoms. The van der Waals surface area contributed by atoms with Crippen molar-refractivity contribution in [2.45, 2.75) is 31.9 Å². The van der Waals surface area contributed by atoms with Gasteiger partial charge in [-0.15, -0.1) is 0 Å². The van der Waals surface area contributed by atoms with Crippen LogP contribution in [0.4, 0.5) is 0 Å². The highest BCUT2D eigenvalue weighted by Gasteiger charge is 2.42. The minimum atomic E-state index is -0.262. The molecule has 4 atom stereocenters. The Morgan fingerprint density at radius 1 is 1.47 bits per heavy atom. The quantitative estimate of drug-likeness (QED) is 0.802. The number of quaternary nitrogens is 1. The fraction of sp³-hybridized carbons (Fsp3) is 0.667. The van der Waals surface area contributed by atoms with Crippen LogP contribution in [0, 0.1) is 5.92 Å².